The molecular weight excluding hydrogens is 202 g/mol. The van der Waals surface area contributed by atoms with E-state index in [-0.39, 0.29) is 5.92 Å². The van der Waals surface area contributed by atoms with Crippen LogP contribution in [0.3, 0.4) is 0 Å². The topological polar surface area (TPSA) is 63.3 Å². The molecule has 5 heteroatoms. The largest absolute Gasteiger partial charge is 0.481 e. The second kappa shape index (κ2) is 3.65. The summed E-state index contributed by atoms with van der Waals surface area (Å²) in [7, 11) is 0. The maximum atomic E-state index is 10.8. The van der Waals surface area contributed by atoms with E-state index in [0.29, 0.717) is 12.8 Å². The summed E-state index contributed by atoms with van der Waals surface area (Å²) in [6.07, 6.45) is 3.86. The van der Waals surface area contributed by atoms with E-state index in [0.717, 1.165) is 22.8 Å². The maximum Gasteiger partial charge on any atom is 0.306 e. The van der Waals surface area contributed by atoms with Gasteiger partial charge < -0.3 is 9.63 Å². The van der Waals surface area contributed by atoms with Crippen molar-refractivity contribution in [1.29, 1.82) is 0 Å². The Morgan fingerprint density at radius 3 is 3.14 bits per heavy atom. The summed E-state index contributed by atoms with van der Waals surface area (Å²) in [5.74, 6) is -0.989. The van der Waals surface area contributed by atoms with Crippen LogP contribution < -0.4 is 0 Å². The van der Waals surface area contributed by atoms with Gasteiger partial charge in [0.15, 0.2) is 5.09 Å². The van der Waals surface area contributed by atoms with Crippen LogP contribution in [-0.4, -0.2) is 22.5 Å². The van der Waals surface area contributed by atoms with Crippen LogP contribution in [0.5, 0.6) is 0 Å². The summed E-state index contributed by atoms with van der Waals surface area (Å²) in [6.45, 7) is 0. The first-order valence-corrected chi connectivity index (χ1v) is 5.69. The summed E-state index contributed by atoms with van der Waals surface area (Å²) < 4.78 is 5.11. The van der Waals surface area contributed by atoms with Gasteiger partial charge in [0.2, 0.25) is 0 Å². The van der Waals surface area contributed by atoms with Gasteiger partial charge in [-0.2, -0.15) is 0 Å². The lowest BCUT2D eigenvalue weighted by Gasteiger charge is -2.16. The highest BCUT2D eigenvalue weighted by Crippen LogP contribution is 2.32. The second-order valence-corrected chi connectivity index (χ2v) is 4.16. The summed E-state index contributed by atoms with van der Waals surface area (Å²) >= 11 is 1.48. The van der Waals surface area contributed by atoms with Gasteiger partial charge >= 0.3 is 5.97 Å². The number of rotatable bonds is 2. The normalized spacial score (nSPS) is 20.5. The van der Waals surface area contributed by atoms with Crippen molar-refractivity contribution in [3.63, 3.8) is 0 Å². The molecule has 1 N–H and O–H groups in total. The highest BCUT2D eigenvalue weighted by Gasteiger charge is 2.29. The monoisotopic (exact) mass is 213 g/mol. The number of fused-ring (bicyclic) bond motifs is 1. The Morgan fingerprint density at radius 2 is 2.50 bits per heavy atom. The molecule has 0 amide bonds. The number of hydrogen-bond acceptors (Lipinski definition) is 4. The molecule has 0 bridgehead atoms. The van der Waals surface area contributed by atoms with Crippen LogP contribution in [0.15, 0.2) is 9.62 Å². The molecule has 0 saturated heterocycles. The van der Waals surface area contributed by atoms with Gasteiger partial charge in [-0.05, 0) is 25.5 Å². The minimum atomic E-state index is -0.719. The van der Waals surface area contributed by atoms with Crippen LogP contribution in [0.1, 0.15) is 17.7 Å². The fourth-order valence-corrected chi connectivity index (χ4v) is 2.31. The minimum Gasteiger partial charge on any atom is -0.481 e. The Kier molecular flexibility index (Phi) is 2.50. The Hall–Kier alpha value is -0.970. The molecule has 1 atom stereocenters. The Bertz CT molecular complexity index is 347. The maximum absolute atomic E-state index is 10.8. The highest BCUT2D eigenvalue weighted by molar-refractivity contribution is 7.98. The zero-order valence-corrected chi connectivity index (χ0v) is 8.63. The molecule has 0 radical (unpaired) electrons. The number of aliphatic carboxylic acids is 1. The molecule has 14 heavy (non-hydrogen) atoms. The molecule has 1 aliphatic rings. The molecule has 4 nitrogen and oxygen atoms in total. The predicted octanol–water partition coefficient (Wildman–Crippen LogP) is 1.59. The van der Waals surface area contributed by atoms with E-state index in [1.807, 2.05) is 6.26 Å². The van der Waals surface area contributed by atoms with Crippen molar-refractivity contribution in [1.82, 2.24) is 5.16 Å². The third-order valence-electron chi connectivity index (χ3n) is 2.55. The second-order valence-electron chi connectivity index (χ2n) is 3.38. The minimum absolute atomic E-state index is 0.271. The number of nitrogens with zero attached hydrogens (tertiary/aromatic N) is 1. The van der Waals surface area contributed by atoms with Crippen LogP contribution in [-0.2, 0) is 17.6 Å². The van der Waals surface area contributed by atoms with Crippen LogP contribution >= 0.6 is 11.8 Å². The lowest BCUT2D eigenvalue weighted by Crippen LogP contribution is -2.21. The van der Waals surface area contributed by atoms with Crippen LogP contribution in [0.2, 0.25) is 0 Å². The lowest BCUT2D eigenvalue weighted by atomic mass is 9.88. The van der Waals surface area contributed by atoms with Gasteiger partial charge in [-0.3, -0.25) is 4.79 Å². The molecule has 0 fully saturated rings. The summed E-state index contributed by atoms with van der Waals surface area (Å²) in [5.41, 5.74) is 1.93. The van der Waals surface area contributed by atoms with Crippen molar-refractivity contribution in [3.8, 4) is 0 Å². The van der Waals surface area contributed by atoms with Crippen molar-refractivity contribution in [2.75, 3.05) is 6.26 Å². The zero-order valence-electron chi connectivity index (χ0n) is 7.82. The van der Waals surface area contributed by atoms with E-state index in [4.69, 9.17) is 9.63 Å². The molecule has 0 spiro atoms. The van der Waals surface area contributed by atoms with Crippen molar-refractivity contribution in [2.45, 2.75) is 24.4 Å². The van der Waals surface area contributed by atoms with E-state index < -0.39 is 5.97 Å². The van der Waals surface area contributed by atoms with Gasteiger partial charge in [0, 0.05) is 5.56 Å². The molecule has 0 aromatic carbocycles. The summed E-state index contributed by atoms with van der Waals surface area (Å²) in [4.78, 5) is 10.8. The molecule has 76 valence electrons. The predicted molar refractivity (Wildman–Crippen MR) is 51.4 cm³/mol. The quantitative estimate of drug-likeness (QED) is 0.756. The van der Waals surface area contributed by atoms with E-state index in [1.54, 1.807) is 0 Å². The van der Waals surface area contributed by atoms with Gasteiger partial charge in [0.1, 0.15) is 0 Å². The smallest absolute Gasteiger partial charge is 0.306 e. The Balaban J connectivity index is 2.27. The number of thioether (sulfide) groups is 1. The van der Waals surface area contributed by atoms with Crippen molar-refractivity contribution in [3.05, 3.63) is 11.3 Å². The third kappa shape index (κ3) is 1.52. The van der Waals surface area contributed by atoms with E-state index >= 15 is 0 Å². The summed E-state index contributed by atoms with van der Waals surface area (Å²) in [5, 5.41) is 13.6. The number of hydrogen-bond donors (Lipinski definition) is 1. The molecule has 2 rings (SSSR count). The van der Waals surface area contributed by atoms with Crippen LogP contribution in [0, 0.1) is 5.92 Å². The van der Waals surface area contributed by atoms with Crippen LogP contribution in [0.4, 0.5) is 0 Å². The van der Waals surface area contributed by atoms with Gasteiger partial charge in [-0.25, -0.2) is 0 Å². The number of carboxylic acids is 1. The van der Waals surface area contributed by atoms with Crippen molar-refractivity contribution >= 4 is 17.7 Å². The molecule has 1 unspecified atom stereocenters. The molecular formula is C9H11NO3S. The number of carbonyl (C=O) groups is 1. The Morgan fingerprint density at radius 1 is 1.71 bits per heavy atom. The zero-order chi connectivity index (χ0) is 10.1. The standard InChI is InChI=1S/C9H11NO3S/c1-14-9-6-4-5(8(11)12)2-3-7(6)10-13-9/h5H,2-4H2,1H3,(H,11,12). The van der Waals surface area contributed by atoms with E-state index in [9.17, 15) is 4.79 Å². The first-order valence-electron chi connectivity index (χ1n) is 4.46. The molecule has 0 saturated carbocycles. The number of aryl methyl sites for hydroxylation is 1. The highest BCUT2D eigenvalue weighted by atomic mass is 32.2. The SMILES string of the molecule is CSc1onc2c1CC(C(=O)O)CC2. The van der Waals surface area contributed by atoms with Crippen molar-refractivity contribution < 1.29 is 14.4 Å². The molecule has 1 aliphatic carbocycles. The molecule has 1 aromatic heterocycles. The first-order chi connectivity index (χ1) is 6.72. The van der Waals surface area contributed by atoms with E-state index in [1.165, 1.54) is 11.8 Å². The first kappa shape index (κ1) is 9.58. The fourth-order valence-electron chi connectivity index (χ4n) is 1.75. The van der Waals surface area contributed by atoms with Gasteiger partial charge in [-0.1, -0.05) is 16.9 Å². The average molecular weight is 213 g/mol. The lowest BCUT2D eigenvalue weighted by molar-refractivity contribution is -0.142. The average Bonchev–Trinajstić information content (AvgIpc) is 2.59. The third-order valence-corrected chi connectivity index (χ3v) is 3.24. The molecule has 0 aliphatic heterocycles. The van der Waals surface area contributed by atoms with Crippen LogP contribution in [0.25, 0.3) is 0 Å². The van der Waals surface area contributed by atoms with Gasteiger partial charge in [-0.15, -0.1) is 0 Å². The number of carboxylic acid groups (broad SMARTS) is 1. The number of aromatic nitrogens is 1. The van der Waals surface area contributed by atoms with Crippen molar-refractivity contribution in [2.24, 2.45) is 5.92 Å². The van der Waals surface area contributed by atoms with Gasteiger partial charge in [0.05, 0.1) is 11.6 Å². The fraction of sp³-hybridized carbons (Fsp3) is 0.556. The molecule has 1 heterocycles. The molecule has 1 aromatic rings. The van der Waals surface area contributed by atoms with Gasteiger partial charge in [0.25, 0.3) is 0 Å². The summed E-state index contributed by atoms with van der Waals surface area (Å²) in [6, 6.07) is 0. The Labute approximate surface area is 85.7 Å². The van der Waals surface area contributed by atoms with E-state index in [2.05, 4.69) is 5.16 Å².